The van der Waals surface area contributed by atoms with Gasteiger partial charge in [-0.05, 0) is 37.2 Å². The van der Waals surface area contributed by atoms with E-state index in [-0.39, 0.29) is 0 Å². The van der Waals surface area contributed by atoms with Crippen LogP contribution in [0.25, 0.3) is 0 Å². The highest BCUT2D eigenvalue weighted by atomic mass is 35.5. The molecule has 0 aliphatic heterocycles. The Morgan fingerprint density at radius 2 is 1.95 bits per heavy atom. The average molecular weight is 317 g/mol. The Bertz CT molecular complexity index is 624. The summed E-state index contributed by atoms with van der Waals surface area (Å²) in [6, 6.07) is 20.1. The summed E-state index contributed by atoms with van der Waals surface area (Å²) in [6.07, 6.45) is 0.723. The van der Waals surface area contributed by atoms with E-state index in [1.165, 1.54) is 0 Å². The summed E-state index contributed by atoms with van der Waals surface area (Å²) in [5.41, 5.74) is 0.356. The number of nitriles is 1. The van der Waals surface area contributed by atoms with Crippen LogP contribution in [0.3, 0.4) is 0 Å². The lowest BCUT2D eigenvalue weighted by atomic mass is 9.89. The second-order valence-electron chi connectivity index (χ2n) is 4.69. The predicted octanol–water partition coefficient (Wildman–Crippen LogP) is 4.46. The van der Waals surface area contributed by atoms with E-state index in [9.17, 15) is 5.26 Å². The molecule has 2 rings (SSSR count). The maximum atomic E-state index is 9.63. The third kappa shape index (κ3) is 4.01. The minimum absolute atomic E-state index is 0.646. The molecule has 2 nitrogen and oxygen atoms in total. The molecule has 0 spiro atoms. The van der Waals surface area contributed by atoms with Crippen LogP contribution in [0, 0.1) is 11.3 Å². The van der Waals surface area contributed by atoms with Gasteiger partial charge in [0, 0.05) is 15.7 Å². The minimum atomic E-state index is -0.646. The van der Waals surface area contributed by atoms with E-state index in [1.807, 2.05) is 61.6 Å². The lowest BCUT2D eigenvalue weighted by molar-refractivity contribution is 0.457. The first kappa shape index (κ1) is 15.9. The zero-order valence-electron chi connectivity index (χ0n) is 11.8. The van der Waals surface area contributed by atoms with Gasteiger partial charge in [-0.15, -0.1) is 11.8 Å². The third-order valence-electron chi connectivity index (χ3n) is 3.43. The maximum absolute atomic E-state index is 9.63. The van der Waals surface area contributed by atoms with Crippen molar-refractivity contribution in [1.82, 2.24) is 5.32 Å². The monoisotopic (exact) mass is 316 g/mol. The second kappa shape index (κ2) is 7.51. The molecule has 0 aliphatic rings. The molecule has 0 bridgehead atoms. The molecule has 21 heavy (non-hydrogen) atoms. The van der Waals surface area contributed by atoms with Crippen LogP contribution in [-0.2, 0) is 5.54 Å². The zero-order valence-corrected chi connectivity index (χ0v) is 13.4. The van der Waals surface area contributed by atoms with Gasteiger partial charge < -0.3 is 0 Å². The molecular formula is C17H17ClN2S. The van der Waals surface area contributed by atoms with Crippen LogP contribution in [0.4, 0.5) is 0 Å². The lowest BCUT2D eigenvalue weighted by Crippen LogP contribution is -2.39. The third-order valence-corrected chi connectivity index (χ3v) is 4.66. The summed E-state index contributed by atoms with van der Waals surface area (Å²) in [7, 11) is 1.83. The summed E-state index contributed by atoms with van der Waals surface area (Å²) in [4.78, 5) is 1.12. The summed E-state index contributed by atoms with van der Waals surface area (Å²) in [5, 5.41) is 13.5. The highest BCUT2D eigenvalue weighted by molar-refractivity contribution is 7.99. The van der Waals surface area contributed by atoms with E-state index >= 15 is 0 Å². The van der Waals surface area contributed by atoms with Gasteiger partial charge in [0.05, 0.1) is 6.07 Å². The van der Waals surface area contributed by atoms with Crippen LogP contribution < -0.4 is 5.32 Å². The van der Waals surface area contributed by atoms with Crippen molar-refractivity contribution in [2.45, 2.75) is 16.9 Å². The molecule has 0 fully saturated rings. The van der Waals surface area contributed by atoms with E-state index in [1.54, 1.807) is 11.8 Å². The smallest absolute Gasteiger partial charge is 0.132 e. The number of thioether (sulfide) groups is 1. The summed E-state index contributed by atoms with van der Waals surface area (Å²) in [6.45, 7) is 0. The van der Waals surface area contributed by atoms with Crippen LogP contribution in [0.5, 0.6) is 0 Å². The molecule has 0 aromatic heterocycles. The van der Waals surface area contributed by atoms with Crippen LogP contribution in [0.2, 0.25) is 5.02 Å². The molecule has 108 valence electrons. The van der Waals surface area contributed by atoms with Crippen molar-refractivity contribution in [2.75, 3.05) is 12.8 Å². The number of hydrogen-bond acceptors (Lipinski definition) is 3. The predicted molar refractivity (Wildman–Crippen MR) is 89.6 cm³/mol. The molecule has 0 saturated carbocycles. The molecule has 1 N–H and O–H groups in total. The summed E-state index contributed by atoms with van der Waals surface area (Å²) < 4.78 is 0. The standard InChI is InChI=1S/C17H17ClN2S/c1-20-17(13-19,14-6-3-2-4-7-14)10-11-21-16-9-5-8-15(18)12-16/h2-9,12,20H,10-11H2,1H3. The van der Waals surface area contributed by atoms with Crippen molar-refractivity contribution in [2.24, 2.45) is 0 Å². The number of hydrogen-bond donors (Lipinski definition) is 1. The SMILES string of the molecule is CNC(C#N)(CCSc1cccc(Cl)c1)c1ccccc1. The second-order valence-corrected chi connectivity index (χ2v) is 6.29. The molecular weight excluding hydrogens is 300 g/mol. The van der Waals surface area contributed by atoms with Crippen molar-refractivity contribution in [3.63, 3.8) is 0 Å². The largest absolute Gasteiger partial charge is 0.299 e. The fourth-order valence-electron chi connectivity index (χ4n) is 2.19. The van der Waals surface area contributed by atoms with E-state index in [4.69, 9.17) is 11.6 Å². The Morgan fingerprint density at radius 3 is 2.57 bits per heavy atom. The zero-order chi connectivity index (χ0) is 15.1. The average Bonchev–Trinajstić information content (AvgIpc) is 2.53. The number of halogens is 1. The van der Waals surface area contributed by atoms with Gasteiger partial charge in [0.1, 0.15) is 5.54 Å². The molecule has 4 heteroatoms. The fourth-order valence-corrected chi connectivity index (χ4v) is 3.48. The van der Waals surface area contributed by atoms with Crippen molar-refractivity contribution >= 4 is 23.4 Å². The summed E-state index contributed by atoms with van der Waals surface area (Å²) in [5.74, 6) is 0.837. The highest BCUT2D eigenvalue weighted by Crippen LogP contribution is 2.29. The van der Waals surface area contributed by atoms with E-state index in [2.05, 4.69) is 11.4 Å². The molecule has 0 amide bonds. The van der Waals surface area contributed by atoms with E-state index < -0.39 is 5.54 Å². The van der Waals surface area contributed by atoms with Gasteiger partial charge in [0.15, 0.2) is 0 Å². The number of nitrogens with one attached hydrogen (secondary N) is 1. The molecule has 1 unspecified atom stereocenters. The first-order valence-electron chi connectivity index (χ1n) is 6.74. The Morgan fingerprint density at radius 1 is 1.19 bits per heavy atom. The first-order valence-corrected chi connectivity index (χ1v) is 8.10. The Labute approximate surface area is 135 Å². The van der Waals surface area contributed by atoms with Crippen LogP contribution in [0.15, 0.2) is 59.5 Å². The lowest BCUT2D eigenvalue weighted by Gasteiger charge is -2.26. The molecule has 0 radical (unpaired) electrons. The van der Waals surface area contributed by atoms with E-state index in [0.717, 1.165) is 27.7 Å². The van der Waals surface area contributed by atoms with Gasteiger partial charge in [-0.2, -0.15) is 5.26 Å². The van der Waals surface area contributed by atoms with Crippen molar-refractivity contribution in [3.8, 4) is 6.07 Å². The molecule has 0 saturated heterocycles. The van der Waals surface area contributed by atoms with Crippen molar-refractivity contribution < 1.29 is 0 Å². The van der Waals surface area contributed by atoms with Crippen LogP contribution in [0.1, 0.15) is 12.0 Å². The maximum Gasteiger partial charge on any atom is 0.132 e. The fraction of sp³-hybridized carbons (Fsp3) is 0.235. The van der Waals surface area contributed by atoms with Gasteiger partial charge in [-0.3, -0.25) is 5.32 Å². The Hall–Kier alpha value is -1.47. The van der Waals surface area contributed by atoms with Gasteiger partial charge in [-0.25, -0.2) is 0 Å². The Balaban J connectivity index is 2.06. The Kier molecular flexibility index (Phi) is 5.69. The van der Waals surface area contributed by atoms with Crippen molar-refractivity contribution in [3.05, 3.63) is 65.2 Å². The normalized spacial score (nSPS) is 13.4. The van der Waals surface area contributed by atoms with Crippen molar-refractivity contribution in [1.29, 1.82) is 5.26 Å². The topological polar surface area (TPSA) is 35.8 Å². The van der Waals surface area contributed by atoms with Gasteiger partial charge in [0.25, 0.3) is 0 Å². The molecule has 1 atom stereocenters. The molecule has 2 aromatic carbocycles. The molecule has 0 aliphatic carbocycles. The highest BCUT2D eigenvalue weighted by Gasteiger charge is 2.29. The van der Waals surface area contributed by atoms with Gasteiger partial charge in [-0.1, -0.05) is 48.0 Å². The van der Waals surface area contributed by atoms with Gasteiger partial charge in [0.2, 0.25) is 0 Å². The van der Waals surface area contributed by atoms with Crippen LogP contribution in [-0.4, -0.2) is 12.8 Å². The quantitative estimate of drug-likeness (QED) is 0.799. The molecule has 2 aromatic rings. The summed E-state index contributed by atoms with van der Waals surface area (Å²) >= 11 is 7.70. The number of benzene rings is 2. The minimum Gasteiger partial charge on any atom is -0.299 e. The van der Waals surface area contributed by atoms with Crippen LogP contribution >= 0.6 is 23.4 Å². The van der Waals surface area contributed by atoms with E-state index in [0.29, 0.717) is 0 Å². The first-order chi connectivity index (χ1) is 10.2. The number of nitrogens with zero attached hydrogens (tertiary/aromatic N) is 1. The number of rotatable bonds is 6. The van der Waals surface area contributed by atoms with Gasteiger partial charge >= 0.3 is 0 Å². The molecule has 0 heterocycles.